The molecule has 0 N–H and O–H groups in total. The maximum absolute atomic E-state index is 12.3. The van der Waals surface area contributed by atoms with Crippen molar-refractivity contribution in [2.45, 2.75) is 45.1 Å². The molecular formula is C15H21N3O2. The van der Waals surface area contributed by atoms with Crippen molar-refractivity contribution < 1.29 is 9.59 Å². The second-order valence-corrected chi connectivity index (χ2v) is 5.47. The highest BCUT2D eigenvalue weighted by Crippen LogP contribution is 2.21. The molecule has 2 amide bonds. The van der Waals surface area contributed by atoms with Crippen LogP contribution in [0.1, 0.15) is 39.0 Å². The van der Waals surface area contributed by atoms with E-state index < -0.39 is 0 Å². The third-order valence-corrected chi connectivity index (χ3v) is 4.06. The van der Waals surface area contributed by atoms with Crippen LogP contribution in [-0.4, -0.2) is 47.3 Å². The van der Waals surface area contributed by atoms with Gasteiger partial charge in [-0.1, -0.05) is 0 Å². The van der Waals surface area contributed by atoms with Gasteiger partial charge in [0.1, 0.15) is 11.6 Å². The number of hydrogen-bond acceptors (Lipinski definition) is 3. The Morgan fingerprint density at radius 2 is 1.85 bits per heavy atom. The monoisotopic (exact) mass is 275 g/mol. The summed E-state index contributed by atoms with van der Waals surface area (Å²) in [6.07, 6.45) is 6.61. The standard InChI is InChI=1S/C15H21N3O2/c1-12(19)18-9-5-6-14(18)10-13(11-16)15(20)17-7-3-2-4-8-17/h10,14H,2-9H2,1H3/b13-10+/t14-/m1/s1. The first-order valence-corrected chi connectivity index (χ1v) is 7.32. The highest BCUT2D eigenvalue weighted by molar-refractivity contribution is 5.97. The van der Waals surface area contributed by atoms with E-state index in [0.29, 0.717) is 6.54 Å². The third kappa shape index (κ3) is 3.19. The molecule has 0 aromatic carbocycles. The van der Waals surface area contributed by atoms with E-state index in [1.165, 1.54) is 6.92 Å². The first-order valence-electron chi connectivity index (χ1n) is 7.32. The van der Waals surface area contributed by atoms with Crippen molar-refractivity contribution in [2.24, 2.45) is 0 Å². The van der Waals surface area contributed by atoms with Crippen molar-refractivity contribution >= 4 is 11.8 Å². The van der Waals surface area contributed by atoms with Gasteiger partial charge in [0.2, 0.25) is 5.91 Å². The molecule has 0 spiro atoms. The molecule has 0 radical (unpaired) electrons. The molecule has 2 fully saturated rings. The summed E-state index contributed by atoms with van der Waals surface area (Å²) in [6, 6.07) is 1.92. The van der Waals surface area contributed by atoms with Gasteiger partial charge < -0.3 is 9.80 Å². The molecule has 2 rings (SSSR count). The average molecular weight is 275 g/mol. The third-order valence-electron chi connectivity index (χ3n) is 4.06. The smallest absolute Gasteiger partial charge is 0.264 e. The molecular weight excluding hydrogens is 254 g/mol. The van der Waals surface area contributed by atoms with Crippen molar-refractivity contribution in [3.8, 4) is 6.07 Å². The van der Waals surface area contributed by atoms with Crippen LogP contribution in [0.3, 0.4) is 0 Å². The zero-order chi connectivity index (χ0) is 14.5. The Balaban J connectivity index is 2.10. The van der Waals surface area contributed by atoms with Crippen LogP contribution >= 0.6 is 0 Å². The number of nitriles is 1. The molecule has 2 aliphatic rings. The fraction of sp³-hybridized carbons (Fsp3) is 0.667. The summed E-state index contributed by atoms with van der Waals surface area (Å²) >= 11 is 0. The van der Waals surface area contributed by atoms with E-state index in [1.807, 2.05) is 6.07 Å². The van der Waals surface area contributed by atoms with Crippen molar-refractivity contribution in [1.29, 1.82) is 5.26 Å². The number of carbonyl (C=O) groups excluding carboxylic acids is 2. The van der Waals surface area contributed by atoms with Gasteiger partial charge in [-0.05, 0) is 38.2 Å². The van der Waals surface area contributed by atoms with Gasteiger partial charge >= 0.3 is 0 Å². The molecule has 2 saturated heterocycles. The van der Waals surface area contributed by atoms with Crippen molar-refractivity contribution in [2.75, 3.05) is 19.6 Å². The lowest BCUT2D eigenvalue weighted by atomic mass is 10.1. The van der Waals surface area contributed by atoms with E-state index in [4.69, 9.17) is 0 Å². The Morgan fingerprint density at radius 3 is 2.45 bits per heavy atom. The zero-order valence-electron chi connectivity index (χ0n) is 12.0. The molecule has 0 aromatic heterocycles. The van der Waals surface area contributed by atoms with Crippen LogP contribution in [0, 0.1) is 11.3 Å². The fourth-order valence-corrected chi connectivity index (χ4v) is 2.97. The second-order valence-electron chi connectivity index (χ2n) is 5.47. The van der Waals surface area contributed by atoms with Crippen LogP contribution in [0.25, 0.3) is 0 Å². The topological polar surface area (TPSA) is 64.4 Å². The number of carbonyl (C=O) groups is 2. The minimum atomic E-state index is -0.178. The molecule has 1 atom stereocenters. The Kier molecular flexibility index (Phi) is 4.78. The van der Waals surface area contributed by atoms with Crippen LogP contribution < -0.4 is 0 Å². The highest BCUT2D eigenvalue weighted by atomic mass is 16.2. The predicted molar refractivity (Wildman–Crippen MR) is 74.5 cm³/mol. The fourth-order valence-electron chi connectivity index (χ4n) is 2.97. The van der Waals surface area contributed by atoms with E-state index in [9.17, 15) is 14.9 Å². The summed E-state index contributed by atoms with van der Waals surface area (Å²) in [7, 11) is 0. The van der Waals surface area contributed by atoms with Gasteiger partial charge in [-0.2, -0.15) is 5.26 Å². The molecule has 0 unspecified atom stereocenters. The molecule has 0 bridgehead atoms. The van der Waals surface area contributed by atoms with Crippen LogP contribution in [-0.2, 0) is 9.59 Å². The molecule has 0 aromatic rings. The lowest BCUT2D eigenvalue weighted by molar-refractivity contribution is -0.129. The lowest BCUT2D eigenvalue weighted by Crippen LogP contribution is -2.37. The first kappa shape index (κ1) is 14.6. The van der Waals surface area contributed by atoms with E-state index in [-0.39, 0.29) is 23.4 Å². The van der Waals surface area contributed by atoms with Crippen LogP contribution in [0.4, 0.5) is 0 Å². The minimum Gasteiger partial charge on any atom is -0.338 e. The number of nitrogens with zero attached hydrogens (tertiary/aromatic N) is 3. The normalized spacial score (nSPS) is 23.6. The Labute approximate surface area is 119 Å². The summed E-state index contributed by atoms with van der Waals surface area (Å²) in [6.45, 7) is 3.72. The predicted octanol–water partition coefficient (Wildman–Crippen LogP) is 1.46. The number of likely N-dealkylation sites (tertiary alicyclic amines) is 2. The van der Waals surface area contributed by atoms with Crippen molar-refractivity contribution in [3.63, 3.8) is 0 Å². The van der Waals surface area contributed by atoms with Crippen molar-refractivity contribution in [3.05, 3.63) is 11.6 Å². The van der Waals surface area contributed by atoms with E-state index in [1.54, 1.807) is 15.9 Å². The number of hydrogen-bond donors (Lipinski definition) is 0. The number of piperidine rings is 1. The zero-order valence-corrected chi connectivity index (χ0v) is 12.0. The van der Waals surface area contributed by atoms with Crippen LogP contribution in [0.2, 0.25) is 0 Å². The van der Waals surface area contributed by atoms with Gasteiger partial charge in [-0.15, -0.1) is 0 Å². The SMILES string of the molecule is CC(=O)N1CCC[C@@H]1/C=C(\C#N)C(=O)N1CCCCC1. The van der Waals surface area contributed by atoms with Gasteiger partial charge in [0.25, 0.3) is 5.91 Å². The molecule has 108 valence electrons. The summed E-state index contributed by atoms with van der Waals surface area (Å²) in [5, 5.41) is 9.24. The van der Waals surface area contributed by atoms with Gasteiger partial charge in [-0.25, -0.2) is 0 Å². The van der Waals surface area contributed by atoms with Gasteiger partial charge in [0, 0.05) is 26.6 Å². The van der Waals surface area contributed by atoms with Gasteiger partial charge in [0.05, 0.1) is 6.04 Å². The molecule has 0 saturated carbocycles. The summed E-state index contributed by atoms with van der Waals surface area (Å²) in [5.74, 6) is -0.172. The first-order chi connectivity index (χ1) is 9.63. The van der Waals surface area contributed by atoms with E-state index >= 15 is 0 Å². The Morgan fingerprint density at radius 1 is 1.15 bits per heavy atom. The highest BCUT2D eigenvalue weighted by Gasteiger charge is 2.27. The largest absolute Gasteiger partial charge is 0.338 e. The average Bonchev–Trinajstić information content (AvgIpc) is 2.93. The summed E-state index contributed by atoms with van der Waals surface area (Å²) in [5.41, 5.74) is 0.185. The van der Waals surface area contributed by atoms with E-state index in [2.05, 4.69) is 0 Å². The summed E-state index contributed by atoms with van der Waals surface area (Å²) in [4.78, 5) is 27.3. The second kappa shape index (κ2) is 6.56. The maximum Gasteiger partial charge on any atom is 0.264 e. The van der Waals surface area contributed by atoms with Gasteiger partial charge in [-0.3, -0.25) is 9.59 Å². The molecule has 2 heterocycles. The molecule has 5 heteroatoms. The maximum atomic E-state index is 12.3. The quantitative estimate of drug-likeness (QED) is 0.566. The van der Waals surface area contributed by atoms with Crippen LogP contribution in [0.15, 0.2) is 11.6 Å². The Hall–Kier alpha value is -1.83. The molecule has 20 heavy (non-hydrogen) atoms. The summed E-state index contributed by atoms with van der Waals surface area (Å²) < 4.78 is 0. The number of amides is 2. The molecule has 2 aliphatic heterocycles. The van der Waals surface area contributed by atoms with Crippen molar-refractivity contribution in [1.82, 2.24) is 9.80 Å². The lowest BCUT2D eigenvalue weighted by Gasteiger charge is -2.27. The molecule has 0 aliphatic carbocycles. The van der Waals surface area contributed by atoms with E-state index in [0.717, 1.165) is 45.2 Å². The molecule has 5 nitrogen and oxygen atoms in total. The minimum absolute atomic E-state index is 0.00598. The van der Waals surface area contributed by atoms with Gasteiger partial charge in [0.15, 0.2) is 0 Å². The number of rotatable bonds is 2. The Bertz CT molecular complexity index is 458. The van der Waals surface area contributed by atoms with Crippen LogP contribution in [0.5, 0.6) is 0 Å².